The molecule has 0 aliphatic rings. The van der Waals surface area contributed by atoms with Gasteiger partial charge < -0.3 is 5.32 Å². The van der Waals surface area contributed by atoms with E-state index in [1.807, 2.05) is 0 Å². The fourth-order valence-electron chi connectivity index (χ4n) is 1.67. The number of rotatable bonds is 5. The SMILES string of the molecule is Cc1cscc1CNCCc1ccccc1. The van der Waals surface area contributed by atoms with E-state index >= 15 is 0 Å². The largest absolute Gasteiger partial charge is 0.312 e. The Bertz CT molecular complexity index is 419. The van der Waals surface area contributed by atoms with Gasteiger partial charge in [0.1, 0.15) is 0 Å². The number of aryl methyl sites for hydroxylation is 1. The van der Waals surface area contributed by atoms with Crippen LogP contribution in [0.15, 0.2) is 41.1 Å². The number of nitrogens with one attached hydrogen (secondary N) is 1. The Morgan fingerprint density at radius 1 is 1.12 bits per heavy atom. The fourth-order valence-corrected chi connectivity index (χ4v) is 2.53. The predicted octanol–water partition coefficient (Wildman–Crippen LogP) is 3.39. The van der Waals surface area contributed by atoms with Crippen molar-refractivity contribution in [2.24, 2.45) is 0 Å². The molecule has 0 aliphatic heterocycles. The molecule has 1 N–H and O–H groups in total. The van der Waals surface area contributed by atoms with E-state index in [-0.39, 0.29) is 0 Å². The summed E-state index contributed by atoms with van der Waals surface area (Å²) < 4.78 is 0. The third-order valence-corrected chi connectivity index (χ3v) is 3.62. The summed E-state index contributed by atoms with van der Waals surface area (Å²) in [6.45, 7) is 4.20. The monoisotopic (exact) mass is 231 g/mol. The molecule has 2 rings (SSSR count). The molecular formula is C14H17NS. The molecule has 0 bridgehead atoms. The first-order valence-electron chi connectivity index (χ1n) is 5.62. The van der Waals surface area contributed by atoms with E-state index in [0.29, 0.717) is 0 Å². The lowest BCUT2D eigenvalue weighted by molar-refractivity contribution is 0.686. The number of hydrogen-bond donors (Lipinski definition) is 1. The Balaban J connectivity index is 1.72. The van der Waals surface area contributed by atoms with Crippen LogP contribution in [0.2, 0.25) is 0 Å². The Labute approximate surface area is 101 Å². The van der Waals surface area contributed by atoms with E-state index in [4.69, 9.17) is 0 Å². The molecule has 0 unspecified atom stereocenters. The number of benzene rings is 1. The second kappa shape index (κ2) is 5.83. The van der Waals surface area contributed by atoms with Gasteiger partial charge in [0.15, 0.2) is 0 Å². The Morgan fingerprint density at radius 2 is 1.94 bits per heavy atom. The van der Waals surface area contributed by atoms with Crippen molar-refractivity contribution >= 4 is 11.3 Å². The van der Waals surface area contributed by atoms with Gasteiger partial charge in [-0.1, -0.05) is 30.3 Å². The third kappa shape index (κ3) is 3.19. The van der Waals surface area contributed by atoms with Crippen LogP contribution in [0.4, 0.5) is 0 Å². The van der Waals surface area contributed by atoms with Crippen molar-refractivity contribution in [1.29, 1.82) is 0 Å². The van der Waals surface area contributed by atoms with Crippen LogP contribution in [0.25, 0.3) is 0 Å². The standard InChI is InChI=1S/C14H17NS/c1-12-10-16-11-14(12)9-15-8-7-13-5-3-2-4-6-13/h2-6,10-11,15H,7-9H2,1H3. The highest BCUT2D eigenvalue weighted by Gasteiger charge is 1.98. The minimum atomic E-state index is 0.988. The molecule has 0 amide bonds. The maximum Gasteiger partial charge on any atom is 0.0216 e. The van der Waals surface area contributed by atoms with Crippen molar-refractivity contribution in [3.8, 4) is 0 Å². The van der Waals surface area contributed by atoms with Crippen molar-refractivity contribution in [2.45, 2.75) is 19.9 Å². The molecule has 0 atom stereocenters. The van der Waals surface area contributed by atoms with Gasteiger partial charge >= 0.3 is 0 Å². The van der Waals surface area contributed by atoms with Gasteiger partial charge in [-0.2, -0.15) is 11.3 Å². The summed E-state index contributed by atoms with van der Waals surface area (Å²) >= 11 is 1.78. The fraction of sp³-hybridized carbons (Fsp3) is 0.286. The van der Waals surface area contributed by atoms with E-state index in [2.05, 4.69) is 53.3 Å². The molecule has 2 heteroatoms. The molecule has 1 aromatic heterocycles. The minimum absolute atomic E-state index is 0.988. The summed E-state index contributed by atoms with van der Waals surface area (Å²) in [5.41, 5.74) is 4.23. The average Bonchev–Trinajstić information content (AvgIpc) is 2.72. The zero-order valence-corrected chi connectivity index (χ0v) is 10.4. The molecule has 16 heavy (non-hydrogen) atoms. The molecule has 0 saturated heterocycles. The van der Waals surface area contributed by atoms with Crippen LogP contribution in [0.1, 0.15) is 16.7 Å². The smallest absolute Gasteiger partial charge is 0.0216 e. The zero-order chi connectivity index (χ0) is 11.2. The highest BCUT2D eigenvalue weighted by molar-refractivity contribution is 7.08. The van der Waals surface area contributed by atoms with Crippen molar-refractivity contribution in [3.05, 3.63) is 57.8 Å². The third-order valence-electron chi connectivity index (χ3n) is 2.71. The van der Waals surface area contributed by atoms with Crippen LogP contribution in [0, 0.1) is 6.92 Å². The quantitative estimate of drug-likeness (QED) is 0.778. The summed E-state index contributed by atoms with van der Waals surface area (Å²) in [7, 11) is 0. The molecule has 1 aromatic carbocycles. The number of thiophene rings is 1. The molecule has 0 fully saturated rings. The van der Waals surface area contributed by atoms with Crippen molar-refractivity contribution in [3.63, 3.8) is 0 Å². The maximum atomic E-state index is 3.48. The zero-order valence-electron chi connectivity index (χ0n) is 9.57. The molecule has 0 saturated carbocycles. The van der Waals surface area contributed by atoms with Gasteiger partial charge in [0, 0.05) is 6.54 Å². The Morgan fingerprint density at radius 3 is 2.62 bits per heavy atom. The van der Waals surface area contributed by atoms with Crippen LogP contribution in [0.3, 0.4) is 0 Å². The van der Waals surface area contributed by atoms with Gasteiger partial charge in [-0.05, 0) is 47.3 Å². The van der Waals surface area contributed by atoms with Crippen molar-refractivity contribution in [1.82, 2.24) is 5.32 Å². The maximum absolute atomic E-state index is 3.48. The topological polar surface area (TPSA) is 12.0 Å². The predicted molar refractivity (Wildman–Crippen MR) is 70.9 cm³/mol. The summed E-state index contributed by atoms with van der Waals surface area (Å²) in [6.07, 6.45) is 1.10. The lowest BCUT2D eigenvalue weighted by Gasteiger charge is -2.04. The molecule has 1 heterocycles. The second-order valence-electron chi connectivity index (χ2n) is 3.99. The molecule has 0 aliphatic carbocycles. The lowest BCUT2D eigenvalue weighted by atomic mass is 10.1. The van der Waals surface area contributed by atoms with Gasteiger partial charge in [-0.15, -0.1) is 0 Å². The van der Waals surface area contributed by atoms with Gasteiger partial charge in [-0.25, -0.2) is 0 Å². The van der Waals surface area contributed by atoms with E-state index in [1.54, 1.807) is 11.3 Å². The van der Waals surface area contributed by atoms with Crippen LogP contribution >= 0.6 is 11.3 Å². The summed E-state index contributed by atoms with van der Waals surface area (Å²) in [6, 6.07) is 10.6. The first-order valence-corrected chi connectivity index (χ1v) is 6.57. The molecule has 0 spiro atoms. The second-order valence-corrected chi connectivity index (χ2v) is 4.74. The summed E-state index contributed by atoms with van der Waals surface area (Å²) in [5.74, 6) is 0. The first-order chi connectivity index (χ1) is 7.86. The summed E-state index contributed by atoms with van der Waals surface area (Å²) in [5, 5.41) is 7.91. The highest BCUT2D eigenvalue weighted by atomic mass is 32.1. The van der Waals surface area contributed by atoms with E-state index in [9.17, 15) is 0 Å². The van der Waals surface area contributed by atoms with Crippen molar-refractivity contribution in [2.75, 3.05) is 6.54 Å². The molecule has 0 radical (unpaired) electrons. The van der Waals surface area contributed by atoms with Gasteiger partial charge in [0.25, 0.3) is 0 Å². The normalized spacial score (nSPS) is 10.6. The van der Waals surface area contributed by atoms with E-state index in [1.165, 1.54) is 16.7 Å². The van der Waals surface area contributed by atoms with E-state index < -0.39 is 0 Å². The first kappa shape index (κ1) is 11.4. The van der Waals surface area contributed by atoms with Gasteiger partial charge in [0.05, 0.1) is 0 Å². The molecular weight excluding hydrogens is 214 g/mol. The van der Waals surface area contributed by atoms with Gasteiger partial charge in [0.2, 0.25) is 0 Å². The average molecular weight is 231 g/mol. The van der Waals surface area contributed by atoms with E-state index in [0.717, 1.165) is 19.5 Å². The Hall–Kier alpha value is -1.12. The Kier molecular flexibility index (Phi) is 4.14. The highest BCUT2D eigenvalue weighted by Crippen LogP contribution is 2.12. The minimum Gasteiger partial charge on any atom is -0.312 e. The lowest BCUT2D eigenvalue weighted by Crippen LogP contribution is -2.16. The van der Waals surface area contributed by atoms with Crippen molar-refractivity contribution < 1.29 is 0 Å². The molecule has 84 valence electrons. The van der Waals surface area contributed by atoms with Crippen LogP contribution in [-0.2, 0) is 13.0 Å². The molecule has 1 nitrogen and oxygen atoms in total. The van der Waals surface area contributed by atoms with Crippen LogP contribution < -0.4 is 5.32 Å². The van der Waals surface area contributed by atoms with Gasteiger partial charge in [-0.3, -0.25) is 0 Å². The van der Waals surface area contributed by atoms with Crippen LogP contribution in [-0.4, -0.2) is 6.54 Å². The van der Waals surface area contributed by atoms with Crippen LogP contribution in [0.5, 0.6) is 0 Å². The number of hydrogen-bond acceptors (Lipinski definition) is 2. The summed E-state index contributed by atoms with van der Waals surface area (Å²) in [4.78, 5) is 0. The molecule has 2 aromatic rings.